The number of nitro benzene ring substituents is 1. The second-order valence-electron chi connectivity index (χ2n) is 4.86. The van der Waals surface area contributed by atoms with Crippen LogP contribution in [0.2, 0.25) is 0 Å². The zero-order valence-electron chi connectivity index (χ0n) is 11.5. The third-order valence-corrected chi connectivity index (χ3v) is 4.48. The Morgan fingerprint density at radius 1 is 1.40 bits per heavy atom. The minimum atomic E-state index is -3.90. The molecule has 0 bridgehead atoms. The summed E-state index contributed by atoms with van der Waals surface area (Å²) in [5.74, 6) is -0.102. The van der Waals surface area contributed by atoms with Gasteiger partial charge in [-0.15, -0.1) is 0 Å². The first-order chi connectivity index (χ1) is 9.19. The minimum absolute atomic E-state index is 0.102. The third kappa shape index (κ3) is 3.75. The van der Waals surface area contributed by atoms with Crippen molar-refractivity contribution >= 4 is 15.7 Å². The first kappa shape index (κ1) is 16.5. The van der Waals surface area contributed by atoms with E-state index in [2.05, 4.69) is 4.72 Å². The molecule has 0 spiro atoms. The van der Waals surface area contributed by atoms with E-state index >= 15 is 0 Å². The number of nitrogens with zero attached hydrogens (tertiary/aromatic N) is 1. The Hall–Kier alpha value is -1.51. The van der Waals surface area contributed by atoms with Gasteiger partial charge < -0.3 is 5.11 Å². The summed E-state index contributed by atoms with van der Waals surface area (Å²) in [5, 5.41) is 20.0. The number of aliphatic hydroxyl groups excluding tert-OH is 1. The predicted octanol–water partition coefficient (Wildman–Crippen LogP) is 1.20. The van der Waals surface area contributed by atoms with Gasteiger partial charge in [-0.2, -0.15) is 0 Å². The molecule has 1 rings (SSSR count). The second kappa shape index (κ2) is 6.29. The SMILES string of the molecule is Cc1ccc(S(=O)(=O)N[C@H](CO)C(C)C)cc1[N+](=O)[O-]. The van der Waals surface area contributed by atoms with Gasteiger partial charge in [-0.3, -0.25) is 10.1 Å². The fraction of sp³-hybridized carbons (Fsp3) is 0.500. The summed E-state index contributed by atoms with van der Waals surface area (Å²) >= 11 is 0. The third-order valence-electron chi connectivity index (χ3n) is 3.00. The van der Waals surface area contributed by atoms with Crippen LogP contribution < -0.4 is 4.72 Å². The van der Waals surface area contributed by atoms with Crippen LogP contribution in [0.15, 0.2) is 23.1 Å². The van der Waals surface area contributed by atoms with Crippen molar-refractivity contribution in [3.05, 3.63) is 33.9 Å². The van der Waals surface area contributed by atoms with Crippen molar-refractivity contribution in [2.75, 3.05) is 6.61 Å². The van der Waals surface area contributed by atoms with Crippen molar-refractivity contribution in [3.63, 3.8) is 0 Å². The Kier molecular flexibility index (Phi) is 5.21. The van der Waals surface area contributed by atoms with Gasteiger partial charge in [-0.25, -0.2) is 13.1 Å². The Balaban J connectivity index is 3.16. The van der Waals surface area contributed by atoms with E-state index in [1.54, 1.807) is 13.8 Å². The maximum atomic E-state index is 12.1. The number of aliphatic hydroxyl groups is 1. The van der Waals surface area contributed by atoms with Crippen LogP contribution >= 0.6 is 0 Å². The molecule has 0 radical (unpaired) electrons. The molecule has 1 atom stereocenters. The fourth-order valence-corrected chi connectivity index (χ4v) is 3.00. The highest BCUT2D eigenvalue weighted by Gasteiger charge is 2.24. The molecule has 20 heavy (non-hydrogen) atoms. The lowest BCUT2D eigenvalue weighted by atomic mass is 10.1. The molecule has 2 N–H and O–H groups in total. The normalized spacial score (nSPS) is 13.4. The lowest BCUT2D eigenvalue weighted by Gasteiger charge is -2.19. The zero-order chi connectivity index (χ0) is 15.5. The molecule has 0 fully saturated rings. The van der Waals surface area contributed by atoms with E-state index in [-0.39, 0.29) is 23.1 Å². The standard InChI is InChI=1S/C12H18N2O5S/c1-8(2)11(7-15)13-20(18,19)10-5-4-9(3)12(6-10)14(16)17/h4-6,8,11,13,15H,7H2,1-3H3/t11-/m1/s1. The van der Waals surface area contributed by atoms with E-state index < -0.39 is 21.0 Å². The topological polar surface area (TPSA) is 110 Å². The molecule has 0 aliphatic carbocycles. The molecule has 7 nitrogen and oxygen atoms in total. The quantitative estimate of drug-likeness (QED) is 0.606. The Labute approximate surface area is 117 Å². The summed E-state index contributed by atoms with van der Waals surface area (Å²) < 4.78 is 26.6. The van der Waals surface area contributed by atoms with E-state index in [9.17, 15) is 18.5 Å². The average molecular weight is 302 g/mol. The number of nitro groups is 1. The maximum Gasteiger partial charge on any atom is 0.273 e. The number of hydrogen-bond donors (Lipinski definition) is 2. The Morgan fingerprint density at radius 3 is 2.45 bits per heavy atom. The van der Waals surface area contributed by atoms with E-state index in [0.29, 0.717) is 5.56 Å². The number of benzene rings is 1. The van der Waals surface area contributed by atoms with Gasteiger partial charge in [0.25, 0.3) is 5.69 Å². The summed E-state index contributed by atoms with van der Waals surface area (Å²) in [5.41, 5.74) is 0.134. The largest absolute Gasteiger partial charge is 0.395 e. The molecule has 1 aromatic carbocycles. The van der Waals surface area contributed by atoms with Gasteiger partial charge in [0, 0.05) is 17.7 Å². The molecule has 8 heteroatoms. The molecule has 0 aliphatic heterocycles. The highest BCUT2D eigenvalue weighted by Crippen LogP contribution is 2.22. The molecule has 0 heterocycles. The lowest BCUT2D eigenvalue weighted by molar-refractivity contribution is -0.385. The highest BCUT2D eigenvalue weighted by atomic mass is 32.2. The number of nitrogens with one attached hydrogen (secondary N) is 1. The van der Waals surface area contributed by atoms with Gasteiger partial charge in [0.1, 0.15) is 0 Å². The van der Waals surface area contributed by atoms with Crippen LogP contribution in [0.25, 0.3) is 0 Å². The molecule has 112 valence electrons. The van der Waals surface area contributed by atoms with Gasteiger partial charge in [-0.05, 0) is 18.9 Å². The number of sulfonamides is 1. The van der Waals surface area contributed by atoms with Crippen molar-refractivity contribution < 1.29 is 18.4 Å². The van der Waals surface area contributed by atoms with Crippen LogP contribution in [0.1, 0.15) is 19.4 Å². The Morgan fingerprint density at radius 2 is 2.00 bits per heavy atom. The summed E-state index contributed by atoms with van der Waals surface area (Å²) in [6.45, 7) is 4.72. The van der Waals surface area contributed by atoms with Crippen molar-refractivity contribution in [1.82, 2.24) is 4.72 Å². The van der Waals surface area contributed by atoms with Crippen LogP contribution in [-0.2, 0) is 10.0 Å². The van der Waals surface area contributed by atoms with Gasteiger partial charge >= 0.3 is 0 Å². The van der Waals surface area contributed by atoms with Gasteiger partial charge in [0.2, 0.25) is 10.0 Å². The van der Waals surface area contributed by atoms with Gasteiger partial charge in [0.05, 0.1) is 16.4 Å². The minimum Gasteiger partial charge on any atom is -0.395 e. The molecular formula is C12H18N2O5S. The highest BCUT2D eigenvalue weighted by molar-refractivity contribution is 7.89. The molecular weight excluding hydrogens is 284 g/mol. The van der Waals surface area contributed by atoms with Gasteiger partial charge in [0.15, 0.2) is 0 Å². The second-order valence-corrected chi connectivity index (χ2v) is 6.57. The van der Waals surface area contributed by atoms with E-state index in [1.165, 1.54) is 19.1 Å². The lowest BCUT2D eigenvalue weighted by Crippen LogP contribution is -2.41. The monoisotopic (exact) mass is 302 g/mol. The van der Waals surface area contributed by atoms with Crippen LogP contribution in [0.5, 0.6) is 0 Å². The van der Waals surface area contributed by atoms with E-state index in [1.807, 2.05) is 0 Å². The number of hydrogen-bond acceptors (Lipinski definition) is 5. The van der Waals surface area contributed by atoms with Crippen LogP contribution in [0.4, 0.5) is 5.69 Å². The molecule has 0 aliphatic rings. The average Bonchev–Trinajstić information content (AvgIpc) is 2.35. The van der Waals surface area contributed by atoms with E-state index in [4.69, 9.17) is 5.11 Å². The summed E-state index contributed by atoms with van der Waals surface area (Å²) in [6, 6.07) is 3.07. The van der Waals surface area contributed by atoms with Gasteiger partial charge in [-0.1, -0.05) is 19.9 Å². The number of rotatable bonds is 6. The van der Waals surface area contributed by atoms with Crippen LogP contribution in [0.3, 0.4) is 0 Å². The van der Waals surface area contributed by atoms with E-state index in [0.717, 1.165) is 6.07 Å². The fourth-order valence-electron chi connectivity index (χ4n) is 1.60. The summed E-state index contributed by atoms with van der Waals surface area (Å²) in [6.07, 6.45) is 0. The molecule has 0 saturated carbocycles. The Bertz CT molecular complexity index is 598. The first-order valence-electron chi connectivity index (χ1n) is 6.07. The first-order valence-corrected chi connectivity index (χ1v) is 7.55. The maximum absolute atomic E-state index is 12.1. The molecule has 0 amide bonds. The zero-order valence-corrected chi connectivity index (χ0v) is 12.3. The molecule has 0 unspecified atom stereocenters. The molecule has 0 aromatic heterocycles. The predicted molar refractivity (Wildman–Crippen MR) is 73.9 cm³/mol. The number of aryl methyl sites for hydroxylation is 1. The van der Waals surface area contributed by atoms with Crippen molar-refractivity contribution in [3.8, 4) is 0 Å². The van der Waals surface area contributed by atoms with Crippen LogP contribution in [-0.4, -0.2) is 31.1 Å². The summed E-state index contributed by atoms with van der Waals surface area (Å²) in [7, 11) is -3.90. The van der Waals surface area contributed by atoms with Crippen LogP contribution in [0, 0.1) is 23.0 Å². The van der Waals surface area contributed by atoms with Crippen molar-refractivity contribution in [2.45, 2.75) is 31.7 Å². The van der Waals surface area contributed by atoms with Crippen molar-refractivity contribution in [1.29, 1.82) is 0 Å². The molecule has 0 saturated heterocycles. The van der Waals surface area contributed by atoms with Crippen molar-refractivity contribution in [2.24, 2.45) is 5.92 Å². The smallest absolute Gasteiger partial charge is 0.273 e. The molecule has 1 aromatic rings. The summed E-state index contributed by atoms with van der Waals surface area (Å²) in [4.78, 5) is 10.0.